The Labute approximate surface area is 158 Å². The van der Waals surface area contributed by atoms with Crippen molar-refractivity contribution in [2.24, 2.45) is 5.92 Å². The molecule has 1 aliphatic heterocycles. The summed E-state index contributed by atoms with van der Waals surface area (Å²) < 4.78 is 5.25. The van der Waals surface area contributed by atoms with E-state index in [0.717, 1.165) is 19.4 Å². The molecule has 0 radical (unpaired) electrons. The summed E-state index contributed by atoms with van der Waals surface area (Å²) in [6.45, 7) is 7.98. The largest absolute Gasteiger partial charge is 0.444 e. The van der Waals surface area contributed by atoms with Gasteiger partial charge in [-0.1, -0.05) is 17.4 Å². The summed E-state index contributed by atoms with van der Waals surface area (Å²) in [6.07, 6.45) is 7.29. The lowest BCUT2D eigenvalue weighted by atomic mass is 9.85. The number of nitrogens with one attached hydrogen (secondary N) is 1. The molecule has 26 heavy (non-hydrogen) atoms. The van der Waals surface area contributed by atoms with Crippen LogP contribution in [0.25, 0.3) is 0 Å². The summed E-state index contributed by atoms with van der Waals surface area (Å²) in [4.78, 5) is 31.9. The van der Waals surface area contributed by atoms with E-state index in [-0.39, 0.29) is 5.91 Å². The van der Waals surface area contributed by atoms with Gasteiger partial charge in [0.1, 0.15) is 10.5 Å². The van der Waals surface area contributed by atoms with Crippen LogP contribution >= 0.6 is 11.3 Å². The molecule has 0 aromatic carbocycles. The molecule has 1 N–H and O–H groups in total. The van der Waals surface area contributed by atoms with E-state index >= 15 is 0 Å². The molecule has 2 heterocycles. The van der Waals surface area contributed by atoms with Gasteiger partial charge >= 0.3 is 6.09 Å². The number of carbonyl (C=O) groups is 2. The first-order chi connectivity index (χ1) is 12.2. The lowest BCUT2D eigenvalue weighted by Gasteiger charge is -2.37. The van der Waals surface area contributed by atoms with Crippen molar-refractivity contribution in [3.05, 3.63) is 22.3 Å². The third kappa shape index (κ3) is 4.26. The zero-order chi connectivity index (χ0) is 18.9. The summed E-state index contributed by atoms with van der Waals surface area (Å²) in [5.74, 6) is 0.504. The Hall–Kier alpha value is -1.89. The van der Waals surface area contributed by atoms with Crippen molar-refractivity contribution in [3.8, 4) is 0 Å². The van der Waals surface area contributed by atoms with Crippen molar-refractivity contribution < 1.29 is 14.3 Å². The number of amides is 2. The van der Waals surface area contributed by atoms with Gasteiger partial charge in [-0.15, -0.1) is 0 Å². The fourth-order valence-electron chi connectivity index (χ4n) is 3.56. The Morgan fingerprint density at radius 1 is 1.31 bits per heavy atom. The second-order valence-corrected chi connectivity index (χ2v) is 8.92. The SMILES string of the molecule is Cc1nc(NC(=O)OC(C)(C)C)sc1C(=O)N1CCCC2CCCC=C21. The molecule has 1 saturated heterocycles. The molecule has 0 bridgehead atoms. The second kappa shape index (κ2) is 7.39. The zero-order valence-corrected chi connectivity index (χ0v) is 16.7. The van der Waals surface area contributed by atoms with Crippen LogP contribution in [0.2, 0.25) is 0 Å². The second-order valence-electron chi connectivity index (χ2n) is 7.92. The van der Waals surface area contributed by atoms with E-state index < -0.39 is 11.7 Å². The Bertz CT molecular complexity index is 733. The van der Waals surface area contributed by atoms with E-state index in [1.54, 1.807) is 27.7 Å². The third-order valence-electron chi connectivity index (χ3n) is 4.62. The normalized spacial score (nSPS) is 20.2. The summed E-state index contributed by atoms with van der Waals surface area (Å²) in [7, 11) is 0. The number of ether oxygens (including phenoxy) is 1. The van der Waals surface area contributed by atoms with Gasteiger partial charge in [-0.05, 0) is 65.7 Å². The molecule has 0 spiro atoms. The average molecular weight is 378 g/mol. The van der Waals surface area contributed by atoms with E-state index in [4.69, 9.17) is 4.74 Å². The number of likely N-dealkylation sites (tertiary alicyclic amines) is 1. The van der Waals surface area contributed by atoms with Crippen LogP contribution in [0.1, 0.15) is 68.2 Å². The molecule has 7 heteroatoms. The predicted molar refractivity (Wildman–Crippen MR) is 102 cm³/mol. The molecule has 1 aliphatic carbocycles. The first-order valence-electron chi connectivity index (χ1n) is 9.24. The number of thiazole rings is 1. The maximum absolute atomic E-state index is 13.1. The van der Waals surface area contributed by atoms with Crippen LogP contribution in [0.15, 0.2) is 11.8 Å². The molecule has 142 valence electrons. The highest BCUT2D eigenvalue weighted by Gasteiger charge is 2.32. The van der Waals surface area contributed by atoms with Crippen LogP contribution in [-0.4, -0.2) is 34.0 Å². The van der Waals surface area contributed by atoms with Crippen molar-refractivity contribution in [1.82, 2.24) is 9.88 Å². The molecular formula is C19H27N3O3S. The molecule has 1 aromatic rings. The van der Waals surface area contributed by atoms with E-state index in [9.17, 15) is 9.59 Å². The van der Waals surface area contributed by atoms with E-state index in [0.29, 0.717) is 21.6 Å². The molecule has 6 nitrogen and oxygen atoms in total. The monoisotopic (exact) mass is 377 g/mol. The van der Waals surface area contributed by atoms with Gasteiger partial charge in [-0.2, -0.15) is 0 Å². The van der Waals surface area contributed by atoms with Gasteiger partial charge in [0.05, 0.1) is 5.69 Å². The molecular weight excluding hydrogens is 350 g/mol. The molecule has 1 unspecified atom stereocenters. The van der Waals surface area contributed by atoms with Crippen LogP contribution in [-0.2, 0) is 4.74 Å². The standard InChI is InChI=1S/C19H27N3O3S/c1-12-15(26-17(20-12)21-18(24)25-19(2,3)4)16(23)22-11-7-9-13-8-5-6-10-14(13)22/h10,13H,5-9,11H2,1-4H3,(H,20,21,24). The van der Waals surface area contributed by atoms with Crippen LogP contribution in [0, 0.1) is 12.8 Å². The lowest BCUT2D eigenvalue weighted by Crippen LogP contribution is -2.38. The van der Waals surface area contributed by atoms with Gasteiger partial charge in [-0.25, -0.2) is 9.78 Å². The molecule has 1 aromatic heterocycles. The smallest absolute Gasteiger partial charge is 0.413 e. The lowest BCUT2D eigenvalue weighted by molar-refractivity contribution is 0.0635. The van der Waals surface area contributed by atoms with Gasteiger partial charge in [0.2, 0.25) is 0 Å². The van der Waals surface area contributed by atoms with Crippen molar-refractivity contribution in [2.75, 3.05) is 11.9 Å². The molecule has 0 saturated carbocycles. The number of allylic oxidation sites excluding steroid dienone is 2. The highest BCUT2D eigenvalue weighted by Crippen LogP contribution is 2.37. The van der Waals surface area contributed by atoms with E-state index in [1.807, 2.05) is 4.90 Å². The quantitative estimate of drug-likeness (QED) is 0.809. The maximum atomic E-state index is 13.1. The van der Waals surface area contributed by atoms with Crippen molar-refractivity contribution in [2.45, 2.75) is 65.4 Å². The van der Waals surface area contributed by atoms with Crippen LogP contribution in [0.5, 0.6) is 0 Å². The third-order valence-corrected chi connectivity index (χ3v) is 5.68. The minimum absolute atomic E-state index is 0.00455. The number of hydrogen-bond acceptors (Lipinski definition) is 5. The number of nitrogens with zero attached hydrogens (tertiary/aromatic N) is 2. The summed E-state index contributed by atoms with van der Waals surface area (Å²) in [5.41, 5.74) is 1.25. The van der Waals surface area contributed by atoms with Gasteiger partial charge in [0, 0.05) is 12.2 Å². The number of rotatable bonds is 2. The highest BCUT2D eigenvalue weighted by molar-refractivity contribution is 7.17. The van der Waals surface area contributed by atoms with Crippen molar-refractivity contribution >= 4 is 28.5 Å². The number of piperidine rings is 1. The number of aromatic nitrogens is 1. The van der Waals surface area contributed by atoms with E-state index in [2.05, 4.69) is 16.4 Å². The number of fused-ring (bicyclic) bond motifs is 1. The Morgan fingerprint density at radius 2 is 2.04 bits per heavy atom. The minimum atomic E-state index is -0.578. The topological polar surface area (TPSA) is 71.5 Å². The number of hydrogen-bond donors (Lipinski definition) is 1. The predicted octanol–water partition coefficient (Wildman–Crippen LogP) is 4.72. The minimum Gasteiger partial charge on any atom is -0.444 e. The van der Waals surface area contributed by atoms with Crippen LogP contribution in [0.4, 0.5) is 9.93 Å². The fraction of sp³-hybridized carbons (Fsp3) is 0.632. The Morgan fingerprint density at radius 3 is 2.77 bits per heavy atom. The summed E-state index contributed by atoms with van der Waals surface area (Å²) in [6, 6.07) is 0. The van der Waals surface area contributed by atoms with Crippen molar-refractivity contribution in [3.63, 3.8) is 0 Å². The number of carbonyl (C=O) groups excluding carboxylic acids is 2. The van der Waals surface area contributed by atoms with Crippen molar-refractivity contribution in [1.29, 1.82) is 0 Å². The van der Waals surface area contributed by atoms with Crippen LogP contribution in [0.3, 0.4) is 0 Å². The molecule has 2 amide bonds. The van der Waals surface area contributed by atoms with Crippen LogP contribution < -0.4 is 5.32 Å². The average Bonchev–Trinajstić information content (AvgIpc) is 2.92. The molecule has 3 rings (SSSR count). The highest BCUT2D eigenvalue weighted by atomic mass is 32.1. The summed E-state index contributed by atoms with van der Waals surface area (Å²) >= 11 is 1.21. The molecule has 1 atom stereocenters. The zero-order valence-electron chi connectivity index (χ0n) is 15.9. The van der Waals surface area contributed by atoms with Gasteiger partial charge < -0.3 is 9.64 Å². The molecule has 2 aliphatic rings. The Balaban J connectivity index is 1.75. The van der Waals surface area contributed by atoms with E-state index in [1.165, 1.54) is 36.3 Å². The first kappa shape index (κ1) is 18.9. The maximum Gasteiger partial charge on any atom is 0.413 e. The van der Waals surface area contributed by atoms with Gasteiger partial charge in [0.15, 0.2) is 5.13 Å². The Kier molecular flexibility index (Phi) is 5.37. The van der Waals surface area contributed by atoms with Gasteiger partial charge in [-0.3, -0.25) is 10.1 Å². The molecule has 1 fully saturated rings. The number of anilines is 1. The van der Waals surface area contributed by atoms with Gasteiger partial charge in [0.25, 0.3) is 5.91 Å². The first-order valence-corrected chi connectivity index (χ1v) is 10.1. The summed E-state index contributed by atoms with van der Waals surface area (Å²) in [5, 5.41) is 3.03. The fourth-order valence-corrected chi connectivity index (χ4v) is 4.46. The number of aryl methyl sites for hydroxylation is 1.